The summed E-state index contributed by atoms with van der Waals surface area (Å²) in [6, 6.07) is 18.7. The largest absolute Gasteiger partial charge is 0.352 e. The number of likely N-dealkylation sites (tertiary alicyclic amines) is 1. The number of anilines is 1. The Morgan fingerprint density at radius 2 is 1.68 bits per heavy atom. The van der Waals surface area contributed by atoms with Gasteiger partial charge in [-0.25, -0.2) is 4.98 Å². The normalized spacial score (nSPS) is 19.6. The monoisotopic (exact) mass is 416 g/mol. The summed E-state index contributed by atoms with van der Waals surface area (Å²) in [7, 11) is 0. The maximum absolute atomic E-state index is 12.9. The third-order valence-corrected chi connectivity index (χ3v) is 6.07. The molecule has 2 aromatic carbocycles. The van der Waals surface area contributed by atoms with Crippen LogP contribution >= 0.6 is 0 Å². The number of hydrogen-bond donors (Lipinski definition) is 1. The van der Waals surface area contributed by atoms with Crippen LogP contribution in [-0.4, -0.2) is 45.5 Å². The summed E-state index contributed by atoms with van der Waals surface area (Å²) in [5, 5.41) is 2.94. The van der Waals surface area contributed by atoms with Crippen LogP contribution in [0.1, 0.15) is 29.0 Å². The second-order valence-electron chi connectivity index (χ2n) is 8.02. The lowest BCUT2D eigenvalue weighted by Crippen LogP contribution is -2.54. The molecule has 1 spiro atoms. The Balaban J connectivity index is 1.33. The zero-order valence-electron chi connectivity index (χ0n) is 17.1. The molecule has 0 radical (unpaired) electrons. The molecule has 7 heteroatoms. The van der Waals surface area contributed by atoms with Crippen molar-refractivity contribution in [1.29, 1.82) is 0 Å². The van der Waals surface area contributed by atoms with E-state index in [1.807, 2.05) is 76.3 Å². The zero-order valence-corrected chi connectivity index (χ0v) is 17.1. The Bertz CT molecular complexity index is 1070. The molecule has 31 heavy (non-hydrogen) atoms. The SMILES string of the molecule is O=C(Nc1ccccc1)[C@@H]1Cn2ccnc2C2(CCN(C(=O)c3ccccc3)CC2)O1. The lowest BCUT2D eigenvalue weighted by Gasteiger charge is -2.45. The summed E-state index contributed by atoms with van der Waals surface area (Å²) < 4.78 is 8.44. The number of carbonyl (C=O) groups excluding carboxylic acids is 2. The first-order valence-corrected chi connectivity index (χ1v) is 10.5. The topological polar surface area (TPSA) is 76.5 Å². The van der Waals surface area contributed by atoms with Crippen LogP contribution in [-0.2, 0) is 21.7 Å². The summed E-state index contributed by atoms with van der Waals surface area (Å²) in [5.74, 6) is 0.684. The average Bonchev–Trinajstić information content (AvgIpc) is 3.30. The first-order valence-electron chi connectivity index (χ1n) is 10.5. The Labute approximate surface area is 180 Å². The maximum atomic E-state index is 12.9. The van der Waals surface area contributed by atoms with Gasteiger partial charge < -0.3 is 19.5 Å². The van der Waals surface area contributed by atoms with Crippen molar-refractivity contribution in [2.45, 2.75) is 31.1 Å². The first-order chi connectivity index (χ1) is 15.1. The van der Waals surface area contributed by atoms with Crippen molar-refractivity contribution in [3.63, 3.8) is 0 Å². The molecule has 2 aliphatic rings. The van der Waals surface area contributed by atoms with E-state index in [0.29, 0.717) is 38.0 Å². The van der Waals surface area contributed by atoms with Gasteiger partial charge in [-0.2, -0.15) is 0 Å². The fourth-order valence-corrected chi connectivity index (χ4v) is 4.45. The van der Waals surface area contributed by atoms with Crippen LogP contribution in [0.3, 0.4) is 0 Å². The van der Waals surface area contributed by atoms with E-state index in [-0.39, 0.29) is 11.8 Å². The minimum atomic E-state index is -0.673. The number of rotatable bonds is 3. The van der Waals surface area contributed by atoms with Gasteiger partial charge in [0.25, 0.3) is 11.8 Å². The number of hydrogen-bond acceptors (Lipinski definition) is 4. The van der Waals surface area contributed by atoms with Crippen molar-refractivity contribution in [2.24, 2.45) is 0 Å². The van der Waals surface area contributed by atoms with Crippen molar-refractivity contribution in [2.75, 3.05) is 18.4 Å². The number of para-hydroxylation sites is 1. The van der Waals surface area contributed by atoms with E-state index in [1.54, 1.807) is 6.20 Å². The van der Waals surface area contributed by atoms with Crippen LogP contribution in [0.4, 0.5) is 5.69 Å². The molecular formula is C24H24N4O3. The molecule has 2 amide bonds. The number of carbonyl (C=O) groups is 2. The standard InChI is InChI=1S/C24H24N4O3/c29-21(26-19-9-5-2-6-10-19)20-17-28-16-13-25-23(28)24(31-20)11-14-27(15-12-24)22(30)18-7-3-1-4-8-18/h1-10,13,16,20H,11-12,14-15,17H2,(H,26,29)/t20-/m0/s1. The van der Waals surface area contributed by atoms with Gasteiger partial charge >= 0.3 is 0 Å². The summed E-state index contributed by atoms with van der Waals surface area (Å²) in [4.78, 5) is 32.2. The van der Waals surface area contributed by atoms with E-state index in [1.165, 1.54) is 0 Å². The van der Waals surface area contributed by atoms with Crippen molar-refractivity contribution in [1.82, 2.24) is 14.5 Å². The molecule has 158 valence electrons. The van der Waals surface area contributed by atoms with E-state index in [2.05, 4.69) is 10.3 Å². The Morgan fingerprint density at radius 3 is 2.39 bits per heavy atom. The number of imidazole rings is 1. The van der Waals surface area contributed by atoms with Gasteiger partial charge in [-0.3, -0.25) is 9.59 Å². The minimum absolute atomic E-state index is 0.0213. The van der Waals surface area contributed by atoms with Gasteiger partial charge in [-0.1, -0.05) is 36.4 Å². The number of fused-ring (bicyclic) bond motifs is 2. The molecule has 2 aliphatic heterocycles. The molecule has 0 unspecified atom stereocenters. The summed E-state index contributed by atoms with van der Waals surface area (Å²) in [6.07, 6.45) is 4.21. The van der Waals surface area contributed by atoms with Gasteiger partial charge in [0.2, 0.25) is 0 Å². The van der Waals surface area contributed by atoms with Crippen LogP contribution in [0.5, 0.6) is 0 Å². The predicted octanol–water partition coefficient (Wildman–Crippen LogP) is 3.05. The third kappa shape index (κ3) is 3.72. The average molecular weight is 416 g/mol. The van der Waals surface area contributed by atoms with Crippen molar-refractivity contribution >= 4 is 17.5 Å². The second kappa shape index (κ2) is 8.00. The molecule has 1 saturated heterocycles. The van der Waals surface area contributed by atoms with Gasteiger partial charge in [0.15, 0.2) is 6.10 Å². The number of amides is 2. The van der Waals surface area contributed by atoms with Gasteiger partial charge in [0.1, 0.15) is 11.4 Å². The lowest BCUT2D eigenvalue weighted by atomic mass is 9.88. The second-order valence-corrected chi connectivity index (χ2v) is 8.02. The number of nitrogens with one attached hydrogen (secondary N) is 1. The highest BCUT2D eigenvalue weighted by Gasteiger charge is 2.47. The number of nitrogens with zero attached hydrogens (tertiary/aromatic N) is 3. The highest BCUT2D eigenvalue weighted by molar-refractivity contribution is 5.95. The number of ether oxygens (including phenoxy) is 1. The molecule has 0 bridgehead atoms. The Morgan fingerprint density at radius 1 is 1.00 bits per heavy atom. The predicted molar refractivity (Wildman–Crippen MR) is 115 cm³/mol. The van der Waals surface area contributed by atoms with E-state index in [9.17, 15) is 9.59 Å². The lowest BCUT2D eigenvalue weighted by molar-refractivity contribution is -0.168. The molecule has 1 fully saturated rings. The summed E-state index contributed by atoms with van der Waals surface area (Å²) >= 11 is 0. The molecule has 0 saturated carbocycles. The van der Waals surface area contributed by atoms with Gasteiger partial charge in [-0.05, 0) is 24.3 Å². The van der Waals surface area contributed by atoms with Crippen LogP contribution in [0, 0.1) is 0 Å². The van der Waals surface area contributed by atoms with Gasteiger partial charge in [0.05, 0.1) is 6.54 Å². The van der Waals surface area contributed by atoms with E-state index >= 15 is 0 Å². The molecule has 1 N–H and O–H groups in total. The van der Waals surface area contributed by atoms with E-state index < -0.39 is 11.7 Å². The van der Waals surface area contributed by atoms with Crippen molar-refractivity contribution < 1.29 is 14.3 Å². The van der Waals surface area contributed by atoms with Gasteiger partial charge in [0, 0.05) is 49.6 Å². The molecule has 5 rings (SSSR count). The molecular weight excluding hydrogens is 392 g/mol. The molecule has 1 aromatic heterocycles. The third-order valence-electron chi connectivity index (χ3n) is 6.07. The fourth-order valence-electron chi connectivity index (χ4n) is 4.45. The molecule has 1 atom stereocenters. The minimum Gasteiger partial charge on any atom is -0.352 e. The van der Waals surface area contributed by atoms with Crippen LogP contribution in [0.2, 0.25) is 0 Å². The molecule has 0 aliphatic carbocycles. The van der Waals surface area contributed by atoms with Gasteiger partial charge in [-0.15, -0.1) is 0 Å². The Hall–Kier alpha value is -3.45. The van der Waals surface area contributed by atoms with Crippen molar-refractivity contribution in [3.8, 4) is 0 Å². The van der Waals surface area contributed by atoms with Crippen LogP contribution in [0.25, 0.3) is 0 Å². The highest BCUT2D eigenvalue weighted by atomic mass is 16.5. The van der Waals surface area contributed by atoms with Crippen LogP contribution < -0.4 is 5.32 Å². The smallest absolute Gasteiger partial charge is 0.255 e. The molecule has 7 nitrogen and oxygen atoms in total. The molecule has 3 heterocycles. The van der Waals surface area contributed by atoms with Crippen molar-refractivity contribution in [3.05, 3.63) is 84.4 Å². The van der Waals surface area contributed by atoms with E-state index in [4.69, 9.17) is 4.74 Å². The quantitative estimate of drug-likeness (QED) is 0.712. The maximum Gasteiger partial charge on any atom is 0.255 e. The van der Waals surface area contributed by atoms with E-state index in [0.717, 1.165) is 11.5 Å². The summed E-state index contributed by atoms with van der Waals surface area (Å²) in [5.41, 5.74) is 0.753. The highest BCUT2D eigenvalue weighted by Crippen LogP contribution is 2.40. The number of piperidine rings is 1. The number of aromatic nitrogens is 2. The zero-order chi connectivity index (χ0) is 21.3. The first kappa shape index (κ1) is 19.5. The fraction of sp³-hybridized carbons (Fsp3) is 0.292. The Kier molecular flexibility index (Phi) is 5.03. The number of benzene rings is 2. The summed E-state index contributed by atoms with van der Waals surface area (Å²) in [6.45, 7) is 1.52. The molecule has 3 aromatic rings. The van der Waals surface area contributed by atoms with Crippen LogP contribution in [0.15, 0.2) is 73.1 Å².